The van der Waals surface area contributed by atoms with Crippen molar-refractivity contribution in [3.63, 3.8) is 0 Å². The lowest BCUT2D eigenvalue weighted by molar-refractivity contribution is -0.140. The van der Waals surface area contributed by atoms with Gasteiger partial charge in [-0.05, 0) is 35.9 Å². The molecular formula is C23H22N6O5. The summed E-state index contributed by atoms with van der Waals surface area (Å²) in [6.45, 7) is 0.0581. The third-order valence-corrected chi connectivity index (χ3v) is 4.72. The van der Waals surface area contributed by atoms with Crippen molar-refractivity contribution in [2.24, 2.45) is 0 Å². The van der Waals surface area contributed by atoms with Crippen LogP contribution < -0.4 is 21.1 Å². The van der Waals surface area contributed by atoms with Crippen molar-refractivity contribution < 1.29 is 24.2 Å². The van der Waals surface area contributed by atoms with Crippen molar-refractivity contribution in [1.82, 2.24) is 20.3 Å². The molecule has 0 spiro atoms. The van der Waals surface area contributed by atoms with E-state index in [9.17, 15) is 14.7 Å². The molecule has 2 aromatic carbocycles. The van der Waals surface area contributed by atoms with Gasteiger partial charge in [0.2, 0.25) is 11.8 Å². The average Bonchev–Trinajstić information content (AvgIpc) is 3.29. The Bertz CT molecular complexity index is 1280. The maximum absolute atomic E-state index is 12.3. The molecule has 0 bridgehead atoms. The van der Waals surface area contributed by atoms with E-state index in [1.807, 2.05) is 30.3 Å². The van der Waals surface area contributed by atoms with E-state index in [0.717, 1.165) is 5.56 Å². The SMILES string of the molecule is Nc1nc(Oc2ccc(NC(=O)N[C@@H](COCc3ccccc3)C(=O)O)cc2)c2cc[nH]c2n1. The zero-order valence-electron chi connectivity index (χ0n) is 17.9. The molecule has 34 heavy (non-hydrogen) atoms. The highest BCUT2D eigenvalue weighted by atomic mass is 16.5. The van der Waals surface area contributed by atoms with Gasteiger partial charge in [0.05, 0.1) is 18.6 Å². The Balaban J connectivity index is 1.31. The lowest BCUT2D eigenvalue weighted by atomic mass is 10.2. The number of fused-ring (bicyclic) bond motifs is 1. The number of nitrogens with one attached hydrogen (secondary N) is 3. The van der Waals surface area contributed by atoms with Gasteiger partial charge in [-0.2, -0.15) is 9.97 Å². The third kappa shape index (κ3) is 5.78. The van der Waals surface area contributed by atoms with Gasteiger partial charge in [-0.25, -0.2) is 9.59 Å². The number of nitrogen functional groups attached to an aromatic ring is 1. The van der Waals surface area contributed by atoms with Crippen molar-refractivity contribution >= 4 is 34.7 Å². The van der Waals surface area contributed by atoms with Gasteiger partial charge in [0.15, 0.2) is 6.04 Å². The zero-order valence-corrected chi connectivity index (χ0v) is 17.9. The van der Waals surface area contributed by atoms with Crippen LogP contribution in [0.5, 0.6) is 11.6 Å². The highest BCUT2D eigenvalue weighted by Gasteiger charge is 2.20. The van der Waals surface area contributed by atoms with Gasteiger partial charge in [0, 0.05) is 11.9 Å². The van der Waals surface area contributed by atoms with E-state index in [-0.39, 0.29) is 19.2 Å². The summed E-state index contributed by atoms with van der Waals surface area (Å²) in [6.07, 6.45) is 1.70. The number of nitrogens with zero attached hydrogens (tertiary/aromatic N) is 2. The molecule has 1 atom stereocenters. The van der Waals surface area contributed by atoms with Crippen molar-refractivity contribution in [2.75, 3.05) is 17.7 Å². The van der Waals surface area contributed by atoms with Gasteiger partial charge in [0.1, 0.15) is 11.4 Å². The van der Waals surface area contributed by atoms with Crippen LogP contribution in [-0.4, -0.2) is 44.7 Å². The number of carbonyl (C=O) groups is 2. The first kappa shape index (κ1) is 22.6. The number of hydrogen-bond donors (Lipinski definition) is 5. The minimum absolute atomic E-state index is 0.0700. The van der Waals surface area contributed by atoms with Crippen LogP contribution in [0.15, 0.2) is 66.9 Å². The number of aliphatic carboxylic acids is 1. The van der Waals surface area contributed by atoms with Gasteiger partial charge in [-0.3, -0.25) is 0 Å². The van der Waals surface area contributed by atoms with Crippen LogP contribution in [0, 0.1) is 0 Å². The second-order valence-electron chi connectivity index (χ2n) is 7.24. The van der Waals surface area contributed by atoms with E-state index in [2.05, 4.69) is 25.6 Å². The Hall–Kier alpha value is -4.64. The Kier molecular flexibility index (Phi) is 6.84. The van der Waals surface area contributed by atoms with E-state index in [4.69, 9.17) is 15.2 Å². The van der Waals surface area contributed by atoms with Gasteiger partial charge in [-0.1, -0.05) is 30.3 Å². The van der Waals surface area contributed by atoms with Crippen molar-refractivity contribution in [3.8, 4) is 11.6 Å². The lowest BCUT2D eigenvalue weighted by Crippen LogP contribution is -2.45. The topological polar surface area (TPSA) is 164 Å². The highest BCUT2D eigenvalue weighted by molar-refractivity contribution is 5.92. The predicted molar refractivity (Wildman–Crippen MR) is 124 cm³/mol. The Labute approximate surface area is 193 Å². The summed E-state index contributed by atoms with van der Waals surface area (Å²) < 4.78 is 11.2. The van der Waals surface area contributed by atoms with E-state index in [1.165, 1.54) is 0 Å². The molecule has 2 amide bonds. The summed E-state index contributed by atoms with van der Waals surface area (Å²) in [5.74, 6) is -0.376. The van der Waals surface area contributed by atoms with Crippen molar-refractivity contribution in [3.05, 3.63) is 72.4 Å². The molecule has 4 rings (SSSR count). The van der Waals surface area contributed by atoms with E-state index >= 15 is 0 Å². The lowest BCUT2D eigenvalue weighted by Gasteiger charge is -2.16. The van der Waals surface area contributed by atoms with E-state index in [1.54, 1.807) is 36.5 Å². The summed E-state index contributed by atoms with van der Waals surface area (Å²) in [4.78, 5) is 34.9. The normalized spacial score (nSPS) is 11.6. The second-order valence-corrected chi connectivity index (χ2v) is 7.24. The number of nitrogens with two attached hydrogens (primary N) is 1. The molecule has 11 nitrogen and oxygen atoms in total. The van der Waals surface area contributed by atoms with Gasteiger partial charge >= 0.3 is 12.0 Å². The number of carbonyl (C=O) groups excluding carboxylic acids is 1. The predicted octanol–water partition coefficient (Wildman–Crippen LogP) is 3.12. The smallest absolute Gasteiger partial charge is 0.328 e. The van der Waals surface area contributed by atoms with Gasteiger partial charge in [0.25, 0.3) is 0 Å². The zero-order chi connectivity index (χ0) is 23.9. The minimum atomic E-state index is -1.21. The number of H-pyrrole nitrogens is 1. The summed E-state index contributed by atoms with van der Waals surface area (Å²) >= 11 is 0. The summed E-state index contributed by atoms with van der Waals surface area (Å²) in [6, 6.07) is 15.7. The largest absolute Gasteiger partial charge is 0.480 e. The fraction of sp³-hybridized carbons (Fsp3) is 0.130. The Morgan fingerprint density at radius 2 is 1.82 bits per heavy atom. The Morgan fingerprint density at radius 1 is 1.06 bits per heavy atom. The molecule has 11 heteroatoms. The molecule has 4 aromatic rings. The quantitative estimate of drug-likeness (QED) is 0.253. The van der Waals surface area contributed by atoms with Crippen LogP contribution in [0.3, 0.4) is 0 Å². The summed E-state index contributed by atoms with van der Waals surface area (Å²) in [5.41, 5.74) is 7.61. The molecule has 0 aliphatic carbocycles. The average molecular weight is 462 g/mol. The fourth-order valence-corrected chi connectivity index (χ4v) is 3.09. The van der Waals surface area contributed by atoms with Crippen LogP contribution >= 0.6 is 0 Å². The molecule has 0 fully saturated rings. The Morgan fingerprint density at radius 3 is 2.56 bits per heavy atom. The molecule has 6 N–H and O–H groups in total. The maximum Gasteiger partial charge on any atom is 0.328 e. The number of ether oxygens (including phenoxy) is 2. The molecule has 0 aliphatic heterocycles. The maximum atomic E-state index is 12.3. The van der Waals surface area contributed by atoms with Gasteiger partial charge in [-0.15, -0.1) is 0 Å². The summed E-state index contributed by atoms with van der Waals surface area (Å²) in [5, 5.41) is 15.0. The first-order chi connectivity index (χ1) is 16.5. The molecule has 0 saturated heterocycles. The first-order valence-corrected chi connectivity index (χ1v) is 10.3. The van der Waals surface area contributed by atoms with Crippen LogP contribution in [0.25, 0.3) is 11.0 Å². The standard InChI is InChI=1S/C23H22N6O5/c24-22-28-19-17(10-11-25-19)20(29-22)34-16-8-6-15(7-9-16)26-23(32)27-18(21(30)31)13-33-12-14-4-2-1-3-5-14/h1-11,18H,12-13H2,(H,30,31)(H2,26,27,32)(H3,24,25,28,29)/t18-/m0/s1. The summed E-state index contributed by atoms with van der Waals surface area (Å²) in [7, 11) is 0. The molecule has 0 unspecified atom stereocenters. The number of rotatable bonds is 9. The molecule has 2 aromatic heterocycles. The van der Waals surface area contributed by atoms with Crippen LogP contribution in [0.2, 0.25) is 0 Å². The molecule has 0 saturated carbocycles. The molecule has 2 heterocycles. The van der Waals surface area contributed by atoms with Crippen LogP contribution in [0.4, 0.5) is 16.4 Å². The number of anilines is 2. The van der Waals surface area contributed by atoms with Crippen LogP contribution in [-0.2, 0) is 16.1 Å². The second kappa shape index (κ2) is 10.3. The van der Waals surface area contributed by atoms with Crippen LogP contribution in [0.1, 0.15) is 5.56 Å². The monoisotopic (exact) mass is 462 g/mol. The van der Waals surface area contributed by atoms with Crippen molar-refractivity contribution in [2.45, 2.75) is 12.6 Å². The molecule has 0 radical (unpaired) electrons. The number of amides is 2. The highest BCUT2D eigenvalue weighted by Crippen LogP contribution is 2.28. The minimum Gasteiger partial charge on any atom is -0.480 e. The van der Waals surface area contributed by atoms with Gasteiger partial charge < -0.3 is 35.9 Å². The van der Waals surface area contributed by atoms with Crippen molar-refractivity contribution in [1.29, 1.82) is 0 Å². The molecular weight excluding hydrogens is 440 g/mol. The molecule has 0 aliphatic rings. The number of carboxylic acids is 1. The molecule has 174 valence electrons. The number of urea groups is 1. The number of benzene rings is 2. The number of hydrogen-bond acceptors (Lipinski definition) is 7. The van der Waals surface area contributed by atoms with E-state index < -0.39 is 18.0 Å². The first-order valence-electron chi connectivity index (χ1n) is 10.3. The van der Waals surface area contributed by atoms with E-state index in [0.29, 0.717) is 28.4 Å². The number of aromatic amines is 1. The number of aromatic nitrogens is 3. The fourth-order valence-electron chi connectivity index (χ4n) is 3.09. The third-order valence-electron chi connectivity index (χ3n) is 4.72. The number of carboxylic acid groups (broad SMARTS) is 1.